The summed E-state index contributed by atoms with van der Waals surface area (Å²) in [6.07, 6.45) is 2.98. The maximum Gasteiger partial charge on any atom is 0.311 e. The number of aliphatic hydroxyl groups excluding tert-OH is 2. The first kappa shape index (κ1) is 19.3. The van der Waals surface area contributed by atoms with E-state index in [4.69, 9.17) is 14.9 Å². The molecule has 0 radical (unpaired) electrons. The monoisotopic (exact) mass is 327 g/mol. The number of aliphatic hydroxyl groups is 2. The van der Waals surface area contributed by atoms with E-state index in [1.807, 2.05) is 0 Å². The molecule has 0 atom stereocenters. The molecule has 7 nitrogen and oxygen atoms in total. The van der Waals surface area contributed by atoms with Gasteiger partial charge in [0.15, 0.2) is 5.75 Å². The van der Waals surface area contributed by atoms with Crippen LogP contribution < -0.4 is 9.64 Å². The maximum absolute atomic E-state index is 11.2. The van der Waals surface area contributed by atoms with Crippen molar-refractivity contribution in [1.29, 1.82) is 0 Å². The van der Waals surface area contributed by atoms with E-state index in [2.05, 4.69) is 6.92 Å². The van der Waals surface area contributed by atoms with Crippen molar-refractivity contribution in [3.05, 3.63) is 33.9 Å². The van der Waals surface area contributed by atoms with Crippen molar-refractivity contribution >= 4 is 5.69 Å². The number of nitrogens with zero attached hydrogens (tertiary/aromatic N) is 1. The minimum absolute atomic E-state index is 0.00997. The molecule has 7 heteroatoms. The van der Waals surface area contributed by atoms with Crippen molar-refractivity contribution in [2.75, 3.05) is 32.9 Å². The Morgan fingerprint density at radius 3 is 2.48 bits per heavy atom. The summed E-state index contributed by atoms with van der Waals surface area (Å²) in [6, 6.07) is 4.95. The molecule has 0 unspecified atom stereocenters. The van der Waals surface area contributed by atoms with Crippen molar-refractivity contribution in [2.24, 2.45) is 0 Å². The van der Waals surface area contributed by atoms with Crippen molar-refractivity contribution in [3.63, 3.8) is 0 Å². The van der Waals surface area contributed by atoms with Crippen molar-refractivity contribution < 1.29 is 24.8 Å². The van der Waals surface area contributed by atoms with Gasteiger partial charge >= 0.3 is 5.69 Å². The SMILES string of the molecule is CCCCCOc1ccc(C[NH+](CCO)CCO)cc1[N+](=O)[O-]. The average Bonchev–Trinajstić information content (AvgIpc) is 2.53. The smallest absolute Gasteiger partial charge is 0.311 e. The van der Waals surface area contributed by atoms with Crippen LogP contribution in [0.4, 0.5) is 5.69 Å². The fourth-order valence-corrected chi connectivity index (χ4v) is 2.38. The molecule has 0 heterocycles. The molecule has 130 valence electrons. The topological polar surface area (TPSA) is 97.3 Å². The zero-order chi connectivity index (χ0) is 17.1. The highest BCUT2D eigenvalue weighted by Crippen LogP contribution is 2.28. The van der Waals surface area contributed by atoms with Crippen LogP contribution in [-0.4, -0.2) is 48.0 Å². The summed E-state index contributed by atoms with van der Waals surface area (Å²) in [5.41, 5.74) is 0.751. The number of nitro benzene ring substituents is 1. The van der Waals surface area contributed by atoms with E-state index in [1.165, 1.54) is 6.07 Å². The summed E-state index contributed by atoms with van der Waals surface area (Å²) >= 11 is 0. The molecule has 1 aromatic rings. The molecule has 0 aliphatic rings. The second-order valence-electron chi connectivity index (χ2n) is 5.49. The molecular weight excluding hydrogens is 300 g/mol. The van der Waals surface area contributed by atoms with E-state index in [1.54, 1.807) is 12.1 Å². The molecular formula is C16H27N2O5+. The van der Waals surface area contributed by atoms with E-state index < -0.39 is 4.92 Å². The van der Waals surface area contributed by atoms with Crippen LogP contribution in [0, 0.1) is 10.1 Å². The number of rotatable bonds is 12. The van der Waals surface area contributed by atoms with Gasteiger partial charge in [-0.1, -0.05) is 19.8 Å². The second kappa shape index (κ2) is 10.9. The van der Waals surface area contributed by atoms with Gasteiger partial charge in [-0.3, -0.25) is 10.1 Å². The van der Waals surface area contributed by atoms with Crippen molar-refractivity contribution in [2.45, 2.75) is 32.7 Å². The summed E-state index contributed by atoms with van der Waals surface area (Å²) in [7, 11) is 0. The van der Waals surface area contributed by atoms with Gasteiger partial charge in [-0.2, -0.15) is 0 Å². The number of hydrogen-bond acceptors (Lipinski definition) is 5. The molecule has 1 rings (SSSR count). The predicted molar refractivity (Wildman–Crippen MR) is 86.7 cm³/mol. The minimum atomic E-state index is -0.434. The lowest BCUT2D eigenvalue weighted by Crippen LogP contribution is -3.11. The lowest BCUT2D eigenvalue weighted by Gasteiger charge is -2.17. The molecule has 0 aliphatic heterocycles. The Bertz CT molecular complexity index is 476. The molecule has 0 amide bonds. The van der Waals surface area contributed by atoms with E-state index >= 15 is 0 Å². The lowest BCUT2D eigenvalue weighted by atomic mass is 10.1. The Labute approximate surface area is 136 Å². The Morgan fingerprint density at radius 1 is 1.22 bits per heavy atom. The third kappa shape index (κ3) is 6.94. The second-order valence-corrected chi connectivity index (χ2v) is 5.49. The van der Waals surface area contributed by atoms with E-state index in [-0.39, 0.29) is 18.9 Å². The Morgan fingerprint density at radius 2 is 1.91 bits per heavy atom. The van der Waals surface area contributed by atoms with Gasteiger partial charge in [-0.05, 0) is 18.6 Å². The highest BCUT2D eigenvalue weighted by Gasteiger charge is 2.18. The number of benzene rings is 1. The summed E-state index contributed by atoms with van der Waals surface area (Å²) in [6.45, 7) is 4.07. The van der Waals surface area contributed by atoms with Crippen LogP contribution >= 0.6 is 0 Å². The molecule has 0 spiro atoms. The molecule has 0 saturated heterocycles. The molecule has 0 bridgehead atoms. The number of nitrogens with one attached hydrogen (secondary N) is 1. The van der Waals surface area contributed by atoms with Gasteiger partial charge in [0.05, 0.1) is 24.7 Å². The lowest BCUT2D eigenvalue weighted by molar-refractivity contribution is -0.914. The van der Waals surface area contributed by atoms with Crippen LogP contribution in [0.15, 0.2) is 18.2 Å². The minimum Gasteiger partial charge on any atom is -0.487 e. The van der Waals surface area contributed by atoms with Gasteiger partial charge in [0.2, 0.25) is 0 Å². The maximum atomic E-state index is 11.2. The van der Waals surface area contributed by atoms with E-state index in [9.17, 15) is 10.1 Å². The molecule has 0 aromatic heterocycles. The molecule has 0 aliphatic carbocycles. The molecule has 0 saturated carbocycles. The summed E-state index contributed by atoms with van der Waals surface area (Å²) < 4.78 is 5.53. The fraction of sp³-hybridized carbons (Fsp3) is 0.625. The highest BCUT2D eigenvalue weighted by molar-refractivity contribution is 5.48. The predicted octanol–water partition coefficient (Wildman–Crippen LogP) is 0.533. The first-order chi connectivity index (χ1) is 11.1. The summed E-state index contributed by atoms with van der Waals surface area (Å²) in [5, 5.41) is 29.3. The van der Waals surface area contributed by atoms with Crippen LogP contribution in [0.25, 0.3) is 0 Å². The Kier molecular flexibility index (Phi) is 9.20. The van der Waals surface area contributed by atoms with Gasteiger partial charge in [0.1, 0.15) is 19.6 Å². The quantitative estimate of drug-likeness (QED) is 0.296. The van der Waals surface area contributed by atoms with E-state index in [0.29, 0.717) is 32.0 Å². The average molecular weight is 327 g/mol. The van der Waals surface area contributed by atoms with Crippen LogP contribution in [-0.2, 0) is 6.54 Å². The van der Waals surface area contributed by atoms with Gasteiger partial charge in [0.25, 0.3) is 0 Å². The van der Waals surface area contributed by atoms with Crippen molar-refractivity contribution in [1.82, 2.24) is 0 Å². The third-order valence-electron chi connectivity index (χ3n) is 3.61. The van der Waals surface area contributed by atoms with Crippen LogP contribution in [0.1, 0.15) is 31.7 Å². The van der Waals surface area contributed by atoms with Crippen LogP contribution in [0.5, 0.6) is 5.75 Å². The zero-order valence-corrected chi connectivity index (χ0v) is 13.7. The summed E-state index contributed by atoms with van der Waals surface area (Å²) in [5.74, 6) is 0.292. The number of hydrogen-bond donors (Lipinski definition) is 3. The molecule has 3 N–H and O–H groups in total. The molecule has 0 fully saturated rings. The van der Waals surface area contributed by atoms with Crippen LogP contribution in [0.3, 0.4) is 0 Å². The van der Waals surface area contributed by atoms with E-state index in [0.717, 1.165) is 29.7 Å². The first-order valence-electron chi connectivity index (χ1n) is 8.07. The number of nitro groups is 1. The van der Waals surface area contributed by atoms with Gasteiger partial charge in [0, 0.05) is 11.6 Å². The van der Waals surface area contributed by atoms with Gasteiger partial charge < -0.3 is 19.8 Å². The summed E-state index contributed by atoms with van der Waals surface area (Å²) in [4.78, 5) is 11.8. The molecule has 23 heavy (non-hydrogen) atoms. The number of unbranched alkanes of at least 4 members (excludes halogenated alkanes) is 2. The normalized spacial score (nSPS) is 11.0. The third-order valence-corrected chi connectivity index (χ3v) is 3.61. The number of quaternary nitrogens is 1. The molecule has 1 aromatic carbocycles. The highest BCUT2D eigenvalue weighted by atomic mass is 16.6. The van der Waals surface area contributed by atoms with Crippen LogP contribution in [0.2, 0.25) is 0 Å². The Balaban J connectivity index is 2.79. The van der Waals surface area contributed by atoms with Crippen molar-refractivity contribution in [3.8, 4) is 5.75 Å². The largest absolute Gasteiger partial charge is 0.487 e. The standard InChI is InChI=1S/C16H26N2O5/c1-2-3-4-11-23-16-6-5-14(12-15(16)18(21)22)13-17(7-9-19)8-10-20/h5-6,12,19-20H,2-4,7-11,13H2,1H3/p+1. The number of ether oxygens (including phenoxy) is 1. The van der Waals surface area contributed by atoms with Gasteiger partial charge in [-0.25, -0.2) is 0 Å². The first-order valence-corrected chi connectivity index (χ1v) is 8.07. The zero-order valence-electron chi connectivity index (χ0n) is 13.7. The fourth-order valence-electron chi connectivity index (χ4n) is 2.38. The van der Waals surface area contributed by atoms with Gasteiger partial charge in [-0.15, -0.1) is 0 Å². The Hall–Kier alpha value is -1.70.